The molecule has 5 heteroatoms. The Labute approximate surface area is 76.8 Å². The molecule has 0 radical (unpaired) electrons. The molecule has 1 aliphatic rings. The van der Waals surface area contributed by atoms with E-state index in [0.29, 0.717) is 11.9 Å². The van der Waals surface area contributed by atoms with Gasteiger partial charge in [-0.3, -0.25) is 0 Å². The van der Waals surface area contributed by atoms with Crippen LogP contribution in [0.2, 0.25) is 0 Å². The molecule has 0 aromatic carbocycles. The molecule has 1 N–H and O–H groups in total. The Kier molecular flexibility index (Phi) is 2.54. The van der Waals surface area contributed by atoms with Crippen LogP contribution < -0.4 is 0 Å². The van der Waals surface area contributed by atoms with E-state index in [-0.39, 0.29) is 6.61 Å². The van der Waals surface area contributed by atoms with Crippen molar-refractivity contribution < 1.29 is 5.11 Å². The monoisotopic (exact) mass is 182 g/mol. The second-order valence-electron chi connectivity index (χ2n) is 3.48. The lowest BCUT2D eigenvalue weighted by Crippen LogP contribution is -2.15. The van der Waals surface area contributed by atoms with Crippen molar-refractivity contribution in [2.75, 3.05) is 0 Å². The summed E-state index contributed by atoms with van der Waals surface area (Å²) in [5.74, 6) is 0.422. The lowest BCUT2D eigenvalue weighted by Gasteiger charge is -2.19. The van der Waals surface area contributed by atoms with E-state index in [1.165, 1.54) is 19.3 Å². The Morgan fingerprint density at radius 2 is 2.08 bits per heavy atom. The molecule has 1 saturated carbocycles. The molecular formula is C8H14N4O. The zero-order chi connectivity index (χ0) is 9.10. The highest BCUT2D eigenvalue weighted by Crippen LogP contribution is 2.26. The molecule has 0 bridgehead atoms. The van der Waals surface area contributed by atoms with Gasteiger partial charge in [0.05, 0.1) is 6.04 Å². The summed E-state index contributed by atoms with van der Waals surface area (Å²) in [6, 6.07) is 0.404. The van der Waals surface area contributed by atoms with Gasteiger partial charge in [0.2, 0.25) is 0 Å². The van der Waals surface area contributed by atoms with Crippen LogP contribution in [0.4, 0.5) is 0 Å². The van der Waals surface area contributed by atoms with Crippen LogP contribution in [0.25, 0.3) is 0 Å². The van der Waals surface area contributed by atoms with Gasteiger partial charge in [-0.15, -0.1) is 10.2 Å². The average molecular weight is 182 g/mol. The van der Waals surface area contributed by atoms with E-state index < -0.39 is 0 Å². The first-order valence-electron chi connectivity index (χ1n) is 4.79. The van der Waals surface area contributed by atoms with Crippen molar-refractivity contribution in [1.29, 1.82) is 0 Å². The molecule has 0 aliphatic heterocycles. The number of tetrazole rings is 1. The number of rotatable bonds is 2. The summed E-state index contributed by atoms with van der Waals surface area (Å²) in [7, 11) is 0. The second-order valence-corrected chi connectivity index (χ2v) is 3.48. The van der Waals surface area contributed by atoms with Crippen molar-refractivity contribution >= 4 is 0 Å². The first-order valence-corrected chi connectivity index (χ1v) is 4.79. The minimum atomic E-state index is -0.118. The van der Waals surface area contributed by atoms with E-state index in [2.05, 4.69) is 15.4 Å². The molecule has 0 spiro atoms. The predicted molar refractivity (Wildman–Crippen MR) is 45.9 cm³/mol. The highest BCUT2D eigenvalue weighted by Gasteiger charge is 2.17. The summed E-state index contributed by atoms with van der Waals surface area (Å²) in [4.78, 5) is 1.66. The van der Waals surface area contributed by atoms with Crippen molar-refractivity contribution in [3.8, 4) is 0 Å². The largest absolute Gasteiger partial charge is 0.388 e. The van der Waals surface area contributed by atoms with E-state index in [4.69, 9.17) is 5.11 Å². The number of nitrogens with zero attached hydrogens (tertiary/aromatic N) is 4. The van der Waals surface area contributed by atoms with Crippen LogP contribution in [0.1, 0.15) is 44.0 Å². The van der Waals surface area contributed by atoms with E-state index in [0.717, 1.165) is 12.8 Å². The minimum absolute atomic E-state index is 0.118. The summed E-state index contributed by atoms with van der Waals surface area (Å²) >= 11 is 0. The number of hydrogen-bond donors (Lipinski definition) is 1. The summed E-state index contributed by atoms with van der Waals surface area (Å²) in [5.41, 5.74) is 0. The molecule has 1 fully saturated rings. The quantitative estimate of drug-likeness (QED) is 0.730. The first kappa shape index (κ1) is 8.62. The highest BCUT2D eigenvalue weighted by atomic mass is 16.3. The van der Waals surface area contributed by atoms with Crippen LogP contribution in [0.5, 0.6) is 0 Å². The number of hydrogen-bond acceptors (Lipinski definition) is 4. The number of aliphatic hydroxyl groups excluding tert-OH is 1. The van der Waals surface area contributed by atoms with Gasteiger partial charge < -0.3 is 5.11 Å². The molecule has 0 amide bonds. The normalized spacial score (nSPS) is 19.2. The Hall–Kier alpha value is -0.970. The van der Waals surface area contributed by atoms with Crippen LogP contribution in [-0.4, -0.2) is 25.3 Å². The van der Waals surface area contributed by atoms with Gasteiger partial charge in [-0.25, -0.2) is 0 Å². The predicted octanol–water partition coefficient (Wildman–Crippen LogP) is 0.671. The maximum Gasteiger partial charge on any atom is 0.200 e. The fraction of sp³-hybridized carbons (Fsp3) is 0.875. The van der Waals surface area contributed by atoms with Crippen molar-refractivity contribution in [2.24, 2.45) is 0 Å². The second kappa shape index (κ2) is 3.83. The fourth-order valence-electron chi connectivity index (χ4n) is 1.79. The molecule has 72 valence electrons. The van der Waals surface area contributed by atoms with Crippen LogP contribution in [0.3, 0.4) is 0 Å². The molecule has 1 heterocycles. The Morgan fingerprint density at radius 3 is 2.69 bits per heavy atom. The maximum absolute atomic E-state index is 8.77. The van der Waals surface area contributed by atoms with E-state index >= 15 is 0 Å². The van der Waals surface area contributed by atoms with Crippen molar-refractivity contribution in [3.05, 3.63) is 5.82 Å². The fourth-order valence-corrected chi connectivity index (χ4v) is 1.79. The molecular weight excluding hydrogens is 168 g/mol. The van der Waals surface area contributed by atoms with Crippen molar-refractivity contribution in [2.45, 2.75) is 44.8 Å². The van der Waals surface area contributed by atoms with Gasteiger partial charge in [-0.05, 0) is 18.1 Å². The Morgan fingerprint density at radius 1 is 1.31 bits per heavy atom. The smallest absolute Gasteiger partial charge is 0.200 e. The third kappa shape index (κ3) is 1.85. The molecule has 0 saturated heterocycles. The van der Waals surface area contributed by atoms with Crippen LogP contribution >= 0.6 is 0 Å². The molecule has 1 aromatic rings. The molecule has 5 nitrogen and oxygen atoms in total. The minimum Gasteiger partial charge on any atom is -0.388 e. The van der Waals surface area contributed by atoms with Gasteiger partial charge in [0, 0.05) is 0 Å². The van der Waals surface area contributed by atoms with Gasteiger partial charge in [0.25, 0.3) is 0 Å². The number of aliphatic hydroxyl groups is 1. The third-order valence-electron chi connectivity index (χ3n) is 2.51. The maximum atomic E-state index is 8.77. The van der Waals surface area contributed by atoms with Gasteiger partial charge in [-0.2, -0.15) is 4.80 Å². The summed E-state index contributed by atoms with van der Waals surface area (Å²) in [6.45, 7) is -0.118. The van der Waals surface area contributed by atoms with Crippen LogP contribution in [-0.2, 0) is 6.61 Å². The van der Waals surface area contributed by atoms with Gasteiger partial charge in [-0.1, -0.05) is 19.3 Å². The lowest BCUT2D eigenvalue weighted by molar-refractivity contribution is 0.265. The molecule has 13 heavy (non-hydrogen) atoms. The molecule has 0 unspecified atom stereocenters. The summed E-state index contributed by atoms with van der Waals surface area (Å²) in [5, 5.41) is 20.5. The van der Waals surface area contributed by atoms with E-state index in [9.17, 15) is 0 Å². The Bertz CT molecular complexity index is 267. The van der Waals surface area contributed by atoms with E-state index in [1.807, 2.05) is 0 Å². The zero-order valence-corrected chi connectivity index (χ0v) is 7.56. The van der Waals surface area contributed by atoms with Gasteiger partial charge >= 0.3 is 0 Å². The third-order valence-corrected chi connectivity index (χ3v) is 2.51. The Balaban J connectivity index is 2.05. The lowest BCUT2D eigenvalue weighted by atomic mass is 9.96. The van der Waals surface area contributed by atoms with Crippen molar-refractivity contribution in [1.82, 2.24) is 20.2 Å². The molecule has 2 rings (SSSR count). The summed E-state index contributed by atoms with van der Waals surface area (Å²) in [6.07, 6.45) is 6.10. The average Bonchev–Trinajstić information content (AvgIpc) is 2.67. The molecule has 1 aromatic heterocycles. The van der Waals surface area contributed by atoms with Crippen LogP contribution in [0, 0.1) is 0 Å². The molecule has 0 atom stereocenters. The topological polar surface area (TPSA) is 63.8 Å². The summed E-state index contributed by atoms with van der Waals surface area (Å²) < 4.78 is 0. The zero-order valence-electron chi connectivity index (χ0n) is 7.56. The van der Waals surface area contributed by atoms with Crippen molar-refractivity contribution in [3.63, 3.8) is 0 Å². The molecule has 1 aliphatic carbocycles. The van der Waals surface area contributed by atoms with Gasteiger partial charge in [0.15, 0.2) is 5.82 Å². The number of aromatic nitrogens is 4. The highest BCUT2D eigenvalue weighted by molar-refractivity contribution is 4.75. The van der Waals surface area contributed by atoms with E-state index in [1.54, 1.807) is 4.80 Å². The SMILES string of the molecule is OCc1nnn(C2CCCCC2)n1. The first-order chi connectivity index (χ1) is 6.40. The van der Waals surface area contributed by atoms with Crippen LogP contribution in [0.15, 0.2) is 0 Å². The standard InChI is InChI=1S/C8H14N4O/c13-6-8-9-11-12(10-8)7-4-2-1-3-5-7/h7,13H,1-6H2. The van der Waals surface area contributed by atoms with Gasteiger partial charge in [0.1, 0.15) is 6.61 Å².